The number of fused-ring (bicyclic) bond motifs is 5. The molecule has 1 fully saturated rings. The third-order valence-electron chi connectivity index (χ3n) is 6.12. The molecule has 0 heterocycles. The minimum Gasteiger partial charge on any atom is -0.497 e. The Morgan fingerprint density at radius 1 is 1.24 bits per heavy atom. The van der Waals surface area contributed by atoms with Crippen molar-refractivity contribution in [2.24, 2.45) is 17.3 Å². The Labute approximate surface area is 126 Å². The van der Waals surface area contributed by atoms with Gasteiger partial charge in [0.1, 0.15) is 11.5 Å². The Bertz CT molecular complexity index is 643. The zero-order valence-electron chi connectivity index (χ0n) is 12.8. The Balaban J connectivity index is 1.78. The highest BCUT2D eigenvalue weighted by atomic mass is 16.5. The van der Waals surface area contributed by atoms with Gasteiger partial charge in [0.25, 0.3) is 0 Å². The number of Topliss-reactive ketones (excluding diaryl/α,β-unsaturated/α-hetero) is 1. The molecule has 0 amide bonds. The second kappa shape index (κ2) is 4.46. The van der Waals surface area contributed by atoms with Crippen molar-refractivity contribution in [1.82, 2.24) is 0 Å². The molecule has 4 rings (SSSR count). The van der Waals surface area contributed by atoms with Gasteiger partial charge in [-0.1, -0.05) is 19.1 Å². The Hall–Kier alpha value is -1.57. The number of rotatable bonds is 1. The van der Waals surface area contributed by atoms with E-state index < -0.39 is 0 Å². The molecule has 1 saturated carbocycles. The zero-order valence-corrected chi connectivity index (χ0v) is 12.8. The molecule has 110 valence electrons. The van der Waals surface area contributed by atoms with E-state index in [1.165, 1.54) is 23.1 Å². The summed E-state index contributed by atoms with van der Waals surface area (Å²) in [6, 6.07) is 6.46. The standard InChI is InChI=1S/C19H22O2/c1-19-10-9-15-14-6-4-13(21-2)11-12(14)3-5-16(15)17(19)7-8-18(19)20/h4,6,9,11,16-17H,3,5,7-8,10H2,1-2H3/t16-,17-,19+/m0/s1. The summed E-state index contributed by atoms with van der Waals surface area (Å²) in [6.45, 7) is 2.20. The molecular formula is C19H22O2. The fourth-order valence-electron chi connectivity index (χ4n) is 4.86. The molecule has 1 aromatic carbocycles. The minimum absolute atomic E-state index is 0.0852. The van der Waals surface area contributed by atoms with Gasteiger partial charge in [0.2, 0.25) is 0 Å². The lowest BCUT2D eigenvalue weighted by molar-refractivity contribution is -0.126. The molecule has 3 atom stereocenters. The number of carbonyl (C=O) groups is 1. The third kappa shape index (κ3) is 1.74. The zero-order chi connectivity index (χ0) is 14.6. The largest absolute Gasteiger partial charge is 0.497 e. The number of carbonyl (C=O) groups excluding carboxylic acids is 1. The van der Waals surface area contributed by atoms with Gasteiger partial charge in [-0.25, -0.2) is 0 Å². The fraction of sp³-hybridized carbons (Fsp3) is 0.526. The predicted octanol–water partition coefficient (Wildman–Crippen LogP) is 4.03. The summed E-state index contributed by atoms with van der Waals surface area (Å²) in [4.78, 5) is 12.3. The number of ketones is 1. The minimum atomic E-state index is -0.0852. The lowest BCUT2D eigenvalue weighted by atomic mass is 9.60. The van der Waals surface area contributed by atoms with Crippen molar-refractivity contribution in [1.29, 1.82) is 0 Å². The van der Waals surface area contributed by atoms with Crippen LogP contribution in [0.3, 0.4) is 0 Å². The monoisotopic (exact) mass is 282 g/mol. The highest BCUT2D eigenvalue weighted by Gasteiger charge is 2.51. The summed E-state index contributed by atoms with van der Waals surface area (Å²) in [6.07, 6.45) is 7.44. The van der Waals surface area contributed by atoms with Crippen LogP contribution in [0.1, 0.15) is 43.7 Å². The molecule has 0 bridgehead atoms. The maximum Gasteiger partial charge on any atom is 0.139 e. The molecule has 0 saturated heterocycles. The summed E-state index contributed by atoms with van der Waals surface area (Å²) in [5, 5.41) is 0. The molecule has 2 heteroatoms. The van der Waals surface area contributed by atoms with Gasteiger partial charge in [0.15, 0.2) is 0 Å². The van der Waals surface area contributed by atoms with Crippen LogP contribution in [0.25, 0.3) is 5.57 Å². The smallest absolute Gasteiger partial charge is 0.139 e. The molecule has 3 aliphatic carbocycles. The van der Waals surface area contributed by atoms with Crippen molar-refractivity contribution in [3.8, 4) is 5.75 Å². The number of hydrogen-bond acceptors (Lipinski definition) is 2. The van der Waals surface area contributed by atoms with Gasteiger partial charge in [0.05, 0.1) is 7.11 Å². The quantitative estimate of drug-likeness (QED) is 0.777. The van der Waals surface area contributed by atoms with E-state index in [1.54, 1.807) is 7.11 Å². The van der Waals surface area contributed by atoms with E-state index in [0.717, 1.165) is 31.4 Å². The first kappa shape index (κ1) is 13.1. The average molecular weight is 282 g/mol. The summed E-state index contributed by atoms with van der Waals surface area (Å²) in [5.41, 5.74) is 4.22. The molecule has 3 aliphatic rings. The topological polar surface area (TPSA) is 26.3 Å². The average Bonchev–Trinajstić information content (AvgIpc) is 2.82. The van der Waals surface area contributed by atoms with E-state index in [1.807, 2.05) is 0 Å². The lowest BCUT2D eigenvalue weighted by Crippen LogP contribution is -2.38. The molecule has 0 unspecified atom stereocenters. The van der Waals surface area contributed by atoms with E-state index in [0.29, 0.717) is 17.6 Å². The van der Waals surface area contributed by atoms with Crippen LogP contribution in [0.2, 0.25) is 0 Å². The molecule has 0 radical (unpaired) electrons. The van der Waals surface area contributed by atoms with Crippen molar-refractivity contribution < 1.29 is 9.53 Å². The van der Waals surface area contributed by atoms with E-state index in [4.69, 9.17) is 4.74 Å². The SMILES string of the molecule is COc1ccc2c(c1)CC[C@H]1C2=CC[C@@]2(C)C(=O)CC[C@@H]12. The van der Waals surface area contributed by atoms with Crippen LogP contribution >= 0.6 is 0 Å². The van der Waals surface area contributed by atoms with Crippen molar-refractivity contribution >= 4 is 11.4 Å². The number of methoxy groups -OCH3 is 1. The fourth-order valence-corrected chi connectivity index (χ4v) is 4.86. The number of aryl methyl sites for hydroxylation is 1. The molecule has 0 N–H and O–H groups in total. The van der Waals surface area contributed by atoms with Gasteiger partial charge in [-0.05, 0) is 66.4 Å². The second-order valence-corrected chi connectivity index (χ2v) is 7.02. The van der Waals surface area contributed by atoms with Gasteiger partial charge >= 0.3 is 0 Å². The normalized spacial score (nSPS) is 33.8. The van der Waals surface area contributed by atoms with Crippen LogP contribution in [0.5, 0.6) is 5.75 Å². The first-order valence-electron chi connectivity index (χ1n) is 8.04. The number of allylic oxidation sites excluding steroid dienone is 2. The van der Waals surface area contributed by atoms with E-state index in [2.05, 4.69) is 31.2 Å². The molecule has 1 aromatic rings. The van der Waals surface area contributed by atoms with Gasteiger partial charge in [0, 0.05) is 11.8 Å². The first-order chi connectivity index (χ1) is 10.1. The lowest BCUT2D eigenvalue weighted by Gasteiger charge is -2.43. The van der Waals surface area contributed by atoms with E-state index >= 15 is 0 Å². The second-order valence-electron chi connectivity index (χ2n) is 7.02. The van der Waals surface area contributed by atoms with Crippen molar-refractivity contribution in [3.63, 3.8) is 0 Å². The van der Waals surface area contributed by atoms with Gasteiger partial charge in [-0.3, -0.25) is 4.79 Å². The third-order valence-corrected chi connectivity index (χ3v) is 6.12. The molecule has 0 spiro atoms. The summed E-state index contributed by atoms with van der Waals surface area (Å²) in [5.74, 6) is 2.57. The first-order valence-corrected chi connectivity index (χ1v) is 8.04. The van der Waals surface area contributed by atoms with Crippen molar-refractivity contribution in [3.05, 3.63) is 35.4 Å². The van der Waals surface area contributed by atoms with Gasteiger partial charge in [-0.15, -0.1) is 0 Å². The summed E-state index contributed by atoms with van der Waals surface area (Å²) in [7, 11) is 1.73. The van der Waals surface area contributed by atoms with Crippen LogP contribution in [0.15, 0.2) is 24.3 Å². The number of ether oxygens (including phenoxy) is 1. The van der Waals surface area contributed by atoms with Gasteiger partial charge in [-0.2, -0.15) is 0 Å². The highest BCUT2D eigenvalue weighted by molar-refractivity contribution is 5.89. The molecule has 0 aliphatic heterocycles. The molecule has 21 heavy (non-hydrogen) atoms. The van der Waals surface area contributed by atoms with Gasteiger partial charge < -0.3 is 4.74 Å². The Morgan fingerprint density at radius 3 is 2.90 bits per heavy atom. The van der Waals surface area contributed by atoms with Crippen molar-refractivity contribution in [2.45, 2.75) is 39.0 Å². The highest BCUT2D eigenvalue weighted by Crippen LogP contribution is 2.56. The van der Waals surface area contributed by atoms with Crippen LogP contribution in [-0.2, 0) is 11.2 Å². The Kier molecular flexibility index (Phi) is 2.79. The maximum atomic E-state index is 12.3. The van der Waals surface area contributed by atoms with E-state index in [-0.39, 0.29) is 5.41 Å². The molecule has 0 aromatic heterocycles. The summed E-state index contributed by atoms with van der Waals surface area (Å²) >= 11 is 0. The van der Waals surface area contributed by atoms with E-state index in [9.17, 15) is 4.79 Å². The number of benzene rings is 1. The van der Waals surface area contributed by atoms with Crippen molar-refractivity contribution in [2.75, 3.05) is 7.11 Å². The maximum absolute atomic E-state index is 12.3. The predicted molar refractivity (Wildman–Crippen MR) is 83.2 cm³/mol. The van der Waals surface area contributed by atoms with Crippen LogP contribution in [-0.4, -0.2) is 12.9 Å². The van der Waals surface area contributed by atoms with Crippen LogP contribution in [0, 0.1) is 17.3 Å². The van der Waals surface area contributed by atoms with Crippen LogP contribution < -0.4 is 4.74 Å². The number of hydrogen-bond donors (Lipinski definition) is 0. The molecular weight excluding hydrogens is 260 g/mol. The Morgan fingerprint density at radius 2 is 2.10 bits per heavy atom. The van der Waals surface area contributed by atoms with Crippen LogP contribution in [0.4, 0.5) is 0 Å². The summed E-state index contributed by atoms with van der Waals surface area (Å²) < 4.78 is 5.35. The molecule has 2 nitrogen and oxygen atoms in total.